The number of hydrogen-bond acceptors (Lipinski definition) is 5. The minimum absolute atomic E-state index is 0.0953. The van der Waals surface area contributed by atoms with E-state index < -0.39 is 6.04 Å². The SMILES string of the molecule is C=CCN[C@@H](Cc1ccccc1)C(=O)N1C/C(=C\C(=C)/C=C\C(=C/C)N=O)C(=O)/C(=C/C(C)=C/C(C)=C(/C)CC)C1. The molecule has 6 heteroatoms. The predicted octanol–water partition coefficient (Wildman–Crippen LogP) is 7.11. The minimum Gasteiger partial charge on any atom is -0.332 e. The van der Waals surface area contributed by atoms with Gasteiger partial charge in [-0.3, -0.25) is 9.59 Å². The summed E-state index contributed by atoms with van der Waals surface area (Å²) in [6.45, 7) is 18.6. The van der Waals surface area contributed by atoms with Gasteiger partial charge in [-0.05, 0) is 69.0 Å². The summed E-state index contributed by atoms with van der Waals surface area (Å²) < 4.78 is 0. The Kier molecular flexibility index (Phi) is 13.6. The van der Waals surface area contributed by atoms with Crippen molar-refractivity contribution in [2.24, 2.45) is 5.18 Å². The van der Waals surface area contributed by atoms with Crippen LogP contribution in [0.4, 0.5) is 0 Å². The molecule has 0 saturated carbocycles. The van der Waals surface area contributed by atoms with Gasteiger partial charge in [-0.1, -0.05) is 90.9 Å². The van der Waals surface area contributed by atoms with E-state index in [1.54, 1.807) is 42.2 Å². The van der Waals surface area contributed by atoms with E-state index in [1.807, 2.05) is 43.3 Å². The quantitative estimate of drug-likeness (QED) is 0.122. The Morgan fingerprint density at radius 2 is 1.76 bits per heavy atom. The summed E-state index contributed by atoms with van der Waals surface area (Å²) in [5.74, 6) is -0.217. The van der Waals surface area contributed by atoms with Crippen molar-refractivity contribution in [2.75, 3.05) is 19.6 Å². The van der Waals surface area contributed by atoms with Gasteiger partial charge >= 0.3 is 0 Å². The highest BCUT2D eigenvalue weighted by atomic mass is 16.3. The number of allylic oxidation sites excluding steroid dienone is 10. The maximum Gasteiger partial charge on any atom is 0.240 e. The molecule has 1 aromatic carbocycles. The molecule has 0 aliphatic carbocycles. The molecule has 2 rings (SSSR count). The number of ketones is 1. The Morgan fingerprint density at radius 1 is 1.10 bits per heavy atom. The van der Waals surface area contributed by atoms with Crippen molar-refractivity contribution in [3.05, 3.63) is 136 Å². The molecule has 0 unspecified atom stereocenters. The molecule has 1 aliphatic rings. The fourth-order valence-corrected chi connectivity index (χ4v) is 4.44. The molecule has 0 spiro atoms. The highest BCUT2D eigenvalue weighted by Gasteiger charge is 2.32. The van der Waals surface area contributed by atoms with Gasteiger partial charge in [0.15, 0.2) is 5.78 Å². The first-order chi connectivity index (χ1) is 19.6. The first kappa shape index (κ1) is 33.0. The van der Waals surface area contributed by atoms with Crippen LogP contribution >= 0.6 is 0 Å². The number of hydrogen-bond donors (Lipinski definition) is 1. The van der Waals surface area contributed by atoms with Gasteiger partial charge in [0.2, 0.25) is 5.91 Å². The van der Waals surface area contributed by atoms with Gasteiger partial charge in [0.05, 0.1) is 6.04 Å². The molecule has 1 saturated heterocycles. The molecule has 0 radical (unpaired) electrons. The lowest BCUT2D eigenvalue weighted by molar-refractivity contribution is -0.133. The number of nitrogens with one attached hydrogen (secondary N) is 1. The van der Waals surface area contributed by atoms with Crippen LogP contribution in [0.3, 0.4) is 0 Å². The fraction of sp³-hybridized carbons (Fsp3) is 0.314. The van der Waals surface area contributed by atoms with Gasteiger partial charge in [0.1, 0.15) is 5.70 Å². The van der Waals surface area contributed by atoms with E-state index >= 15 is 0 Å². The third kappa shape index (κ3) is 10.4. The van der Waals surface area contributed by atoms with Crippen LogP contribution in [0.15, 0.2) is 130 Å². The Hall–Kier alpha value is -4.16. The second-order valence-electron chi connectivity index (χ2n) is 10.2. The number of carbonyl (C=O) groups excluding carboxylic acids is 2. The molecular formula is C35H43N3O3. The van der Waals surface area contributed by atoms with Gasteiger partial charge < -0.3 is 10.2 Å². The van der Waals surface area contributed by atoms with Crippen molar-refractivity contribution < 1.29 is 9.59 Å². The Bertz CT molecular complexity index is 1320. The van der Waals surface area contributed by atoms with Crippen LogP contribution in [0, 0.1) is 4.91 Å². The average Bonchev–Trinajstić information content (AvgIpc) is 2.97. The molecule has 1 amide bonds. The van der Waals surface area contributed by atoms with E-state index in [4.69, 9.17) is 0 Å². The highest BCUT2D eigenvalue weighted by Crippen LogP contribution is 2.23. The molecule has 0 aromatic heterocycles. The van der Waals surface area contributed by atoms with Crippen LogP contribution < -0.4 is 5.32 Å². The molecule has 1 fully saturated rings. The summed E-state index contributed by atoms with van der Waals surface area (Å²) in [6.07, 6.45) is 13.6. The third-order valence-corrected chi connectivity index (χ3v) is 6.99. The maximum absolute atomic E-state index is 13.9. The number of likely N-dealkylation sites (tertiary alicyclic amines) is 1. The van der Waals surface area contributed by atoms with Crippen LogP contribution in [-0.2, 0) is 16.0 Å². The summed E-state index contributed by atoms with van der Waals surface area (Å²) in [4.78, 5) is 40.2. The number of carbonyl (C=O) groups is 2. The second-order valence-corrected chi connectivity index (χ2v) is 10.2. The topological polar surface area (TPSA) is 78.8 Å². The van der Waals surface area contributed by atoms with E-state index in [2.05, 4.69) is 50.5 Å². The zero-order valence-corrected chi connectivity index (χ0v) is 25.1. The Morgan fingerprint density at radius 3 is 2.34 bits per heavy atom. The third-order valence-electron chi connectivity index (χ3n) is 6.99. The van der Waals surface area contributed by atoms with Crippen LogP contribution in [0.5, 0.6) is 0 Å². The van der Waals surface area contributed by atoms with Crippen molar-refractivity contribution in [3.63, 3.8) is 0 Å². The highest BCUT2D eigenvalue weighted by molar-refractivity contribution is 6.11. The van der Waals surface area contributed by atoms with Crippen LogP contribution in [-0.4, -0.2) is 42.3 Å². The number of Topliss-reactive ketones (excluding diaryl/α,β-unsaturated/α-hetero) is 1. The van der Waals surface area contributed by atoms with Crippen molar-refractivity contribution in [1.82, 2.24) is 10.2 Å². The number of nitrogens with zero attached hydrogens (tertiary/aromatic N) is 2. The van der Waals surface area contributed by atoms with E-state index in [0.717, 1.165) is 23.1 Å². The monoisotopic (exact) mass is 553 g/mol. The molecule has 6 nitrogen and oxygen atoms in total. The number of piperidine rings is 1. The number of benzene rings is 1. The smallest absolute Gasteiger partial charge is 0.240 e. The molecule has 1 heterocycles. The lowest BCUT2D eigenvalue weighted by Gasteiger charge is -2.33. The fourth-order valence-electron chi connectivity index (χ4n) is 4.44. The normalized spacial score (nSPS) is 18.1. The number of amides is 1. The van der Waals surface area contributed by atoms with E-state index in [0.29, 0.717) is 29.7 Å². The predicted molar refractivity (Wildman–Crippen MR) is 170 cm³/mol. The van der Waals surface area contributed by atoms with Gasteiger partial charge in [-0.15, -0.1) is 11.5 Å². The van der Waals surface area contributed by atoms with Gasteiger partial charge in [-0.25, -0.2) is 0 Å². The number of nitroso groups, excluding NO2 is 1. The first-order valence-corrected chi connectivity index (χ1v) is 14.0. The summed E-state index contributed by atoms with van der Waals surface area (Å²) in [7, 11) is 0. The second kappa shape index (κ2) is 16.8. The lowest BCUT2D eigenvalue weighted by atomic mass is 9.93. The first-order valence-electron chi connectivity index (χ1n) is 14.0. The van der Waals surface area contributed by atoms with E-state index in [9.17, 15) is 14.5 Å². The zero-order chi connectivity index (χ0) is 30.4. The van der Waals surface area contributed by atoms with Gasteiger partial charge in [0.25, 0.3) is 0 Å². The van der Waals surface area contributed by atoms with Crippen molar-refractivity contribution >= 4 is 11.7 Å². The molecule has 0 bridgehead atoms. The van der Waals surface area contributed by atoms with Gasteiger partial charge in [-0.2, -0.15) is 0 Å². The minimum atomic E-state index is -0.487. The standard InChI is InChI=1S/C35H43N3O3/c1-8-18-36-33(22-29-14-12-11-13-15-29)35(40)38-23-30(20-25(4)16-17-32(10-3)37-41)34(39)31(24-38)21-26(5)19-28(7)27(6)9-2/h8,10-17,19-21,33,36H,1,4,9,18,22-24H2,2-3,5-7H3/b17-16-,26-19+,28-27-,30-20+,31-21+,32-10+/t33-/m0/s1. The molecule has 1 atom stereocenters. The average molecular weight is 554 g/mol. The summed E-state index contributed by atoms with van der Waals surface area (Å²) in [6, 6.07) is 9.36. The van der Waals surface area contributed by atoms with Crippen LogP contribution in [0.1, 0.15) is 46.6 Å². The van der Waals surface area contributed by atoms with E-state index in [1.165, 1.54) is 5.57 Å². The summed E-state index contributed by atoms with van der Waals surface area (Å²) >= 11 is 0. The van der Waals surface area contributed by atoms with Crippen molar-refractivity contribution in [1.29, 1.82) is 0 Å². The number of rotatable bonds is 13. The Balaban J connectivity index is 2.50. The Labute approximate surface area is 245 Å². The lowest BCUT2D eigenvalue weighted by Crippen LogP contribution is -2.51. The summed E-state index contributed by atoms with van der Waals surface area (Å²) in [5.41, 5.74) is 6.20. The molecule has 1 N–H and O–H groups in total. The molecule has 1 aromatic rings. The van der Waals surface area contributed by atoms with Crippen LogP contribution in [0.25, 0.3) is 0 Å². The van der Waals surface area contributed by atoms with E-state index in [-0.39, 0.29) is 30.5 Å². The largest absolute Gasteiger partial charge is 0.332 e. The summed E-state index contributed by atoms with van der Waals surface area (Å²) in [5, 5.41) is 6.25. The molecule has 1 aliphatic heterocycles. The van der Waals surface area contributed by atoms with Crippen LogP contribution in [0.2, 0.25) is 0 Å². The molecular weight excluding hydrogens is 510 g/mol. The zero-order valence-electron chi connectivity index (χ0n) is 25.1. The maximum atomic E-state index is 13.9. The van der Waals surface area contributed by atoms with Crippen molar-refractivity contribution in [2.45, 2.75) is 53.5 Å². The van der Waals surface area contributed by atoms with Crippen molar-refractivity contribution in [3.8, 4) is 0 Å². The molecule has 41 heavy (non-hydrogen) atoms. The molecule has 216 valence electrons. The van der Waals surface area contributed by atoms with Gasteiger partial charge in [0, 0.05) is 30.8 Å².